The molecule has 0 aliphatic heterocycles. The maximum absolute atomic E-state index is 5.43. The van der Waals surface area contributed by atoms with Crippen LogP contribution in [0.2, 0.25) is 0 Å². The van der Waals surface area contributed by atoms with E-state index in [1.807, 2.05) is 0 Å². The highest BCUT2D eigenvalue weighted by atomic mass is 16.5. The van der Waals surface area contributed by atoms with Crippen LogP contribution in [0.25, 0.3) is 0 Å². The molecule has 2 unspecified atom stereocenters. The summed E-state index contributed by atoms with van der Waals surface area (Å²) in [6.45, 7) is 4.78. The van der Waals surface area contributed by atoms with E-state index in [1.165, 1.54) is 19.3 Å². The number of nitrogens with one attached hydrogen (secondary N) is 2. The van der Waals surface area contributed by atoms with Crippen molar-refractivity contribution in [2.24, 2.45) is 22.7 Å². The van der Waals surface area contributed by atoms with Crippen molar-refractivity contribution in [1.29, 1.82) is 0 Å². The average molecular weight is 242 g/mol. The van der Waals surface area contributed by atoms with Gasteiger partial charge in [0.05, 0.1) is 0 Å². The SMILES string of the molecule is COCCCNC(=NCC1CCC(C)C1)NN. The maximum atomic E-state index is 5.43. The Kier molecular flexibility index (Phi) is 6.96. The van der Waals surface area contributed by atoms with E-state index < -0.39 is 0 Å². The normalized spacial score (nSPS) is 25.0. The number of methoxy groups -OCH3 is 1. The van der Waals surface area contributed by atoms with E-state index in [4.69, 9.17) is 10.6 Å². The second-order valence-electron chi connectivity index (χ2n) is 4.89. The Balaban J connectivity index is 2.19. The summed E-state index contributed by atoms with van der Waals surface area (Å²) >= 11 is 0. The molecule has 1 saturated carbocycles. The third kappa shape index (κ3) is 5.89. The summed E-state index contributed by atoms with van der Waals surface area (Å²) in [5, 5.41) is 3.17. The lowest BCUT2D eigenvalue weighted by Crippen LogP contribution is -2.42. The molecule has 0 radical (unpaired) electrons. The molecule has 2 atom stereocenters. The van der Waals surface area contributed by atoms with Crippen LogP contribution in [0.5, 0.6) is 0 Å². The van der Waals surface area contributed by atoms with Crippen LogP contribution >= 0.6 is 0 Å². The van der Waals surface area contributed by atoms with Crippen molar-refractivity contribution >= 4 is 5.96 Å². The quantitative estimate of drug-likeness (QED) is 0.212. The highest BCUT2D eigenvalue weighted by molar-refractivity contribution is 5.79. The smallest absolute Gasteiger partial charge is 0.205 e. The molecule has 1 rings (SSSR count). The van der Waals surface area contributed by atoms with Gasteiger partial charge in [0.15, 0.2) is 0 Å². The topological polar surface area (TPSA) is 71.7 Å². The minimum absolute atomic E-state index is 0.695. The van der Waals surface area contributed by atoms with Crippen LogP contribution in [0.15, 0.2) is 4.99 Å². The molecule has 0 saturated heterocycles. The first-order chi connectivity index (χ1) is 8.26. The average Bonchev–Trinajstić information content (AvgIpc) is 2.74. The molecule has 17 heavy (non-hydrogen) atoms. The first-order valence-corrected chi connectivity index (χ1v) is 6.50. The number of ether oxygens (including phenoxy) is 1. The van der Waals surface area contributed by atoms with E-state index in [-0.39, 0.29) is 0 Å². The lowest BCUT2D eigenvalue weighted by atomic mass is 10.1. The molecule has 100 valence electrons. The molecule has 1 aliphatic rings. The lowest BCUT2D eigenvalue weighted by Gasteiger charge is -2.11. The first-order valence-electron chi connectivity index (χ1n) is 6.50. The molecule has 0 bridgehead atoms. The summed E-state index contributed by atoms with van der Waals surface area (Å²) < 4.78 is 4.98. The van der Waals surface area contributed by atoms with Gasteiger partial charge in [0.25, 0.3) is 0 Å². The van der Waals surface area contributed by atoms with Crippen LogP contribution in [0.4, 0.5) is 0 Å². The van der Waals surface area contributed by atoms with Gasteiger partial charge in [-0.05, 0) is 31.1 Å². The van der Waals surface area contributed by atoms with Crippen LogP contribution in [0.3, 0.4) is 0 Å². The van der Waals surface area contributed by atoms with E-state index in [2.05, 4.69) is 22.7 Å². The Hall–Kier alpha value is -0.810. The Morgan fingerprint density at radius 3 is 2.88 bits per heavy atom. The Bertz CT molecular complexity index is 233. The van der Waals surface area contributed by atoms with E-state index in [9.17, 15) is 0 Å². The van der Waals surface area contributed by atoms with E-state index in [0.717, 1.165) is 38.0 Å². The van der Waals surface area contributed by atoms with Gasteiger partial charge in [-0.1, -0.05) is 13.3 Å². The van der Waals surface area contributed by atoms with E-state index in [0.29, 0.717) is 5.96 Å². The van der Waals surface area contributed by atoms with Crippen LogP contribution in [0, 0.1) is 11.8 Å². The van der Waals surface area contributed by atoms with Gasteiger partial charge in [0, 0.05) is 26.8 Å². The molecular weight excluding hydrogens is 216 g/mol. The number of rotatable bonds is 6. The van der Waals surface area contributed by atoms with Crippen molar-refractivity contribution in [3.63, 3.8) is 0 Å². The molecule has 0 aromatic rings. The zero-order valence-corrected chi connectivity index (χ0v) is 11.0. The monoisotopic (exact) mass is 242 g/mol. The predicted octanol–water partition coefficient (Wildman–Crippen LogP) is 0.868. The fourth-order valence-electron chi connectivity index (χ4n) is 2.29. The minimum atomic E-state index is 0.695. The number of nitrogens with two attached hydrogens (primary N) is 1. The summed E-state index contributed by atoms with van der Waals surface area (Å²) in [6, 6.07) is 0. The fourth-order valence-corrected chi connectivity index (χ4v) is 2.29. The van der Waals surface area contributed by atoms with Crippen LogP contribution in [-0.4, -0.2) is 32.8 Å². The summed E-state index contributed by atoms with van der Waals surface area (Å²) in [5.74, 6) is 7.71. The van der Waals surface area contributed by atoms with Crippen molar-refractivity contribution in [3.8, 4) is 0 Å². The molecule has 0 aromatic carbocycles. The van der Waals surface area contributed by atoms with Crippen LogP contribution in [-0.2, 0) is 4.74 Å². The molecule has 5 heteroatoms. The van der Waals surface area contributed by atoms with Crippen molar-refractivity contribution in [1.82, 2.24) is 10.7 Å². The molecule has 0 amide bonds. The third-order valence-electron chi connectivity index (χ3n) is 3.27. The van der Waals surface area contributed by atoms with Gasteiger partial charge in [-0.2, -0.15) is 0 Å². The molecule has 5 nitrogen and oxygen atoms in total. The summed E-state index contributed by atoms with van der Waals surface area (Å²) in [7, 11) is 1.71. The molecule has 0 aromatic heterocycles. The highest BCUT2D eigenvalue weighted by Crippen LogP contribution is 2.30. The summed E-state index contributed by atoms with van der Waals surface area (Å²) in [4.78, 5) is 4.48. The summed E-state index contributed by atoms with van der Waals surface area (Å²) in [5.41, 5.74) is 2.61. The number of hydrogen-bond acceptors (Lipinski definition) is 3. The largest absolute Gasteiger partial charge is 0.385 e. The molecule has 1 aliphatic carbocycles. The Morgan fingerprint density at radius 1 is 1.47 bits per heavy atom. The number of hydrazine groups is 1. The van der Waals surface area contributed by atoms with Gasteiger partial charge >= 0.3 is 0 Å². The first kappa shape index (κ1) is 14.3. The van der Waals surface area contributed by atoms with Crippen molar-refractivity contribution in [3.05, 3.63) is 0 Å². The van der Waals surface area contributed by atoms with Gasteiger partial charge in [-0.25, -0.2) is 5.84 Å². The Labute approximate surface area is 104 Å². The molecular formula is C12H26N4O. The Morgan fingerprint density at radius 2 is 2.29 bits per heavy atom. The molecule has 0 heterocycles. The van der Waals surface area contributed by atoms with Crippen molar-refractivity contribution in [2.75, 3.05) is 26.8 Å². The number of guanidine groups is 1. The molecule has 0 spiro atoms. The molecule has 1 fully saturated rings. The van der Waals surface area contributed by atoms with Crippen molar-refractivity contribution in [2.45, 2.75) is 32.6 Å². The zero-order valence-electron chi connectivity index (χ0n) is 11.0. The van der Waals surface area contributed by atoms with Gasteiger partial charge in [-0.15, -0.1) is 0 Å². The number of aliphatic imine (C=N–C) groups is 1. The van der Waals surface area contributed by atoms with E-state index in [1.54, 1.807) is 7.11 Å². The zero-order chi connectivity index (χ0) is 12.5. The number of nitrogens with zero attached hydrogens (tertiary/aromatic N) is 1. The van der Waals surface area contributed by atoms with Gasteiger partial charge in [0.2, 0.25) is 5.96 Å². The molecule has 4 N–H and O–H groups in total. The standard InChI is InChI=1S/C12H26N4O/c1-10-4-5-11(8-10)9-15-12(16-13)14-6-3-7-17-2/h10-11H,3-9,13H2,1-2H3,(H2,14,15,16). The van der Waals surface area contributed by atoms with Crippen molar-refractivity contribution < 1.29 is 4.74 Å². The van der Waals surface area contributed by atoms with Gasteiger partial charge in [0.1, 0.15) is 0 Å². The second-order valence-corrected chi connectivity index (χ2v) is 4.89. The van der Waals surface area contributed by atoms with Gasteiger partial charge < -0.3 is 10.1 Å². The van der Waals surface area contributed by atoms with Crippen LogP contribution in [0.1, 0.15) is 32.6 Å². The maximum Gasteiger partial charge on any atom is 0.205 e. The summed E-state index contributed by atoms with van der Waals surface area (Å²) in [6.07, 6.45) is 4.89. The minimum Gasteiger partial charge on any atom is -0.385 e. The fraction of sp³-hybridized carbons (Fsp3) is 0.917. The third-order valence-corrected chi connectivity index (χ3v) is 3.27. The highest BCUT2D eigenvalue weighted by Gasteiger charge is 2.20. The predicted molar refractivity (Wildman–Crippen MR) is 70.6 cm³/mol. The lowest BCUT2D eigenvalue weighted by molar-refractivity contribution is 0.195. The van der Waals surface area contributed by atoms with Gasteiger partial charge in [-0.3, -0.25) is 10.4 Å². The van der Waals surface area contributed by atoms with E-state index >= 15 is 0 Å². The second kappa shape index (κ2) is 8.31. The number of hydrogen-bond donors (Lipinski definition) is 3. The van der Waals surface area contributed by atoms with Crippen LogP contribution < -0.4 is 16.6 Å².